The van der Waals surface area contributed by atoms with Crippen molar-refractivity contribution in [1.29, 1.82) is 0 Å². The SMILES string of the molecule is C.C=S1(=O)CC2(CN(C)C2)C1.CN1CC2(CCS2(=O)=O)C1. The Morgan fingerprint density at radius 1 is 0.952 bits per heavy atom. The van der Waals surface area contributed by atoms with E-state index in [1.807, 2.05) is 7.05 Å². The monoisotopic (exact) mass is 336 g/mol. The van der Waals surface area contributed by atoms with Crippen molar-refractivity contribution in [2.24, 2.45) is 5.41 Å². The van der Waals surface area contributed by atoms with Gasteiger partial charge in [0.2, 0.25) is 0 Å². The molecular formula is C14H28N2O3S2. The lowest BCUT2D eigenvalue weighted by atomic mass is 9.83. The van der Waals surface area contributed by atoms with Gasteiger partial charge in [-0.2, -0.15) is 0 Å². The lowest BCUT2D eigenvalue weighted by molar-refractivity contribution is 0.0521. The summed E-state index contributed by atoms with van der Waals surface area (Å²) in [6.07, 6.45) is 0.889. The van der Waals surface area contributed by atoms with E-state index in [9.17, 15) is 12.6 Å². The molecule has 124 valence electrons. The molecule has 5 nitrogen and oxygen atoms in total. The van der Waals surface area contributed by atoms with Gasteiger partial charge in [-0.05, 0) is 35.9 Å². The molecular weight excluding hydrogens is 308 g/mol. The molecule has 0 aliphatic carbocycles. The third-order valence-electron chi connectivity index (χ3n) is 4.95. The molecule has 4 rings (SSSR count). The van der Waals surface area contributed by atoms with E-state index in [1.165, 1.54) is 0 Å². The van der Waals surface area contributed by atoms with Gasteiger partial charge in [0, 0.05) is 43.1 Å². The van der Waals surface area contributed by atoms with Crippen LogP contribution in [0.15, 0.2) is 0 Å². The molecule has 0 atom stereocenters. The van der Waals surface area contributed by atoms with Crippen molar-refractivity contribution in [2.75, 3.05) is 57.5 Å². The Hall–Kier alpha value is -0.110. The predicted molar refractivity (Wildman–Crippen MR) is 90.3 cm³/mol. The molecule has 0 bridgehead atoms. The van der Waals surface area contributed by atoms with Crippen molar-refractivity contribution in [3.8, 4) is 0 Å². The molecule has 0 amide bonds. The van der Waals surface area contributed by atoms with Gasteiger partial charge in [-0.3, -0.25) is 4.21 Å². The molecule has 4 fully saturated rings. The predicted octanol–water partition coefficient (Wildman–Crippen LogP) is -0.227. The van der Waals surface area contributed by atoms with Crippen LogP contribution in [0.4, 0.5) is 0 Å². The summed E-state index contributed by atoms with van der Waals surface area (Å²) in [5.74, 6) is 5.86. The highest BCUT2D eigenvalue weighted by Gasteiger charge is 2.58. The van der Waals surface area contributed by atoms with Crippen LogP contribution in [0.1, 0.15) is 13.8 Å². The van der Waals surface area contributed by atoms with Gasteiger partial charge >= 0.3 is 0 Å². The van der Waals surface area contributed by atoms with E-state index in [-0.39, 0.29) is 12.2 Å². The number of hydrogen-bond acceptors (Lipinski definition) is 5. The largest absolute Gasteiger partial charge is 0.305 e. The second kappa shape index (κ2) is 4.94. The van der Waals surface area contributed by atoms with Crippen molar-refractivity contribution in [1.82, 2.24) is 9.80 Å². The molecule has 4 aliphatic heterocycles. The van der Waals surface area contributed by atoms with E-state index in [2.05, 4.69) is 22.7 Å². The Bertz CT molecular complexity index is 599. The first kappa shape index (κ1) is 17.2. The third-order valence-corrected chi connectivity index (χ3v) is 9.75. The molecule has 0 aromatic rings. The van der Waals surface area contributed by atoms with Crippen LogP contribution in [0.2, 0.25) is 0 Å². The van der Waals surface area contributed by atoms with Gasteiger partial charge in [0.25, 0.3) is 0 Å². The standard InChI is InChI=1S/C7H13NOS.C6H11NO2S.CH4/c1-8-3-7(4-8)5-10(2,9)6-7;1-7-4-6(5-7)2-3-10(6,8)9;/h2-6H2,1H3;2-5H2,1H3;1H4. The highest BCUT2D eigenvalue weighted by Crippen LogP contribution is 2.41. The van der Waals surface area contributed by atoms with Crippen molar-refractivity contribution in [2.45, 2.75) is 18.6 Å². The second-order valence-electron chi connectivity index (χ2n) is 7.35. The van der Waals surface area contributed by atoms with Crippen LogP contribution in [-0.4, -0.2) is 90.6 Å². The van der Waals surface area contributed by atoms with Crippen LogP contribution in [-0.2, 0) is 19.4 Å². The Morgan fingerprint density at radius 3 is 1.62 bits per heavy atom. The van der Waals surface area contributed by atoms with Crippen LogP contribution in [0.5, 0.6) is 0 Å². The summed E-state index contributed by atoms with van der Waals surface area (Å²) in [5.41, 5.74) is 0.438. The normalized spacial score (nSPS) is 33.2. The molecule has 0 saturated carbocycles. The van der Waals surface area contributed by atoms with Gasteiger partial charge in [-0.1, -0.05) is 7.43 Å². The lowest BCUT2D eigenvalue weighted by Crippen LogP contribution is -2.70. The van der Waals surface area contributed by atoms with Crippen LogP contribution >= 0.6 is 0 Å². The number of likely N-dealkylation sites (tertiary alicyclic amines) is 2. The maximum absolute atomic E-state index is 11.2. The number of nitrogens with zero attached hydrogens (tertiary/aromatic N) is 2. The Morgan fingerprint density at radius 2 is 1.43 bits per heavy atom. The van der Waals surface area contributed by atoms with E-state index in [4.69, 9.17) is 0 Å². The van der Waals surface area contributed by atoms with E-state index in [0.717, 1.165) is 44.1 Å². The summed E-state index contributed by atoms with van der Waals surface area (Å²) < 4.78 is 33.2. The highest BCUT2D eigenvalue weighted by molar-refractivity contribution is 8.01. The molecule has 7 heteroatoms. The first-order chi connectivity index (χ1) is 9.07. The van der Waals surface area contributed by atoms with Crippen molar-refractivity contribution in [3.05, 3.63) is 0 Å². The molecule has 0 N–H and O–H groups in total. The fourth-order valence-corrected chi connectivity index (χ4v) is 8.67. The topological polar surface area (TPSA) is 57.7 Å². The van der Waals surface area contributed by atoms with E-state index in [0.29, 0.717) is 11.2 Å². The molecule has 4 aliphatic rings. The molecule has 0 radical (unpaired) electrons. The molecule has 4 saturated heterocycles. The molecule has 0 unspecified atom stereocenters. The zero-order chi connectivity index (χ0) is 14.8. The highest BCUT2D eigenvalue weighted by atomic mass is 32.2. The Labute approximate surface area is 129 Å². The number of hydrogen-bond donors (Lipinski definition) is 0. The van der Waals surface area contributed by atoms with Crippen LogP contribution in [0.25, 0.3) is 0 Å². The quantitative estimate of drug-likeness (QED) is 0.572. The fourth-order valence-electron chi connectivity index (χ4n) is 4.20. The van der Waals surface area contributed by atoms with Crippen molar-refractivity contribution >= 4 is 25.2 Å². The maximum Gasteiger partial charge on any atom is 0.158 e. The van der Waals surface area contributed by atoms with Gasteiger partial charge < -0.3 is 9.80 Å². The molecule has 21 heavy (non-hydrogen) atoms. The average Bonchev–Trinajstić information content (AvgIpc) is 2.19. The summed E-state index contributed by atoms with van der Waals surface area (Å²) in [5, 5.41) is 0. The van der Waals surface area contributed by atoms with Crippen molar-refractivity contribution in [3.63, 3.8) is 0 Å². The molecule has 0 aromatic carbocycles. The number of rotatable bonds is 0. The van der Waals surface area contributed by atoms with Gasteiger partial charge in [0.15, 0.2) is 9.84 Å². The first-order valence-electron chi connectivity index (χ1n) is 6.99. The summed E-state index contributed by atoms with van der Waals surface area (Å²) in [6.45, 7) is 3.80. The number of sulfone groups is 1. The lowest BCUT2D eigenvalue weighted by Gasteiger charge is -2.55. The minimum absolute atomic E-state index is 0. The second-order valence-corrected chi connectivity index (χ2v) is 12.4. The fraction of sp³-hybridized carbons (Fsp3) is 0.929. The minimum Gasteiger partial charge on any atom is -0.305 e. The molecule has 4 heterocycles. The first-order valence-corrected chi connectivity index (χ1v) is 10.7. The zero-order valence-corrected chi connectivity index (χ0v) is 13.9. The Kier molecular flexibility index (Phi) is 4.06. The zero-order valence-electron chi connectivity index (χ0n) is 12.3. The van der Waals surface area contributed by atoms with Gasteiger partial charge in [0.1, 0.15) is 0 Å². The Balaban J connectivity index is 0.000000147. The summed E-state index contributed by atoms with van der Waals surface area (Å²) >= 11 is 0. The van der Waals surface area contributed by atoms with Crippen LogP contribution in [0, 0.1) is 5.41 Å². The minimum atomic E-state index is -2.66. The van der Waals surface area contributed by atoms with Gasteiger partial charge in [-0.25, -0.2) is 8.42 Å². The van der Waals surface area contributed by atoms with Gasteiger partial charge in [-0.15, -0.1) is 0 Å². The molecule has 2 spiro atoms. The van der Waals surface area contributed by atoms with Crippen LogP contribution < -0.4 is 0 Å². The van der Waals surface area contributed by atoms with E-state index in [1.54, 1.807) is 0 Å². The average molecular weight is 337 g/mol. The molecule has 0 aromatic heterocycles. The van der Waals surface area contributed by atoms with Crippen molar-refractivity contribution < 1.29 is 12.6 Å². The third kappa shape index (κ3) is 2.78. The summed E-state index contributed by atoms with van der Waals surface area (Å²) in [6, 6.07) is 0. The smallest absolute Gasteiger partial charge is 0.158 e. The van der Waals surface area contributed by atoms with Crippen LogP contribution in [0.3, 0.4) is 0 Å². The van der Waals surface area contributed by atoms with E-state index < -0.39 is 19.4 Å². The maximum atomic E-state index is 11.2. The summed E-state index contributed by atoms with van der Waals surface area (Å²) in [7, 11) is -0.197. The van der Waals surface area contributed by atoms with E-state index >= 15 is 0 Å². The van der Waals surface area contributed by atoms with Gasteiger partial charge in [0.05, 0.1) is 10.5 Å². The summed E-state index contributed by atoms with van der Waals surface area (Å²) in [4.78, 5) is 4.32.